The van der Waals surface area contributed by atoms with Crippen LogP contribution in [-0.4, -0.2) is 44.3 Å². The molecule has 0 aromatic heterocycles. The number of sulfonamides is 1. The van der Waals surface area contributed by atoms with E-state index in [1.165, 1.54) is 17.0 Å². The number of carbonyl (C=O) groups excluding carboxylic acids is 2. The van der Waals surface area contributed by atoms with Crippen molar-refractivity contribution in [2.75, 3.05) is 17.4 Å². The molecule has 0 saturated carbocycles. The van der Waals surface area contributed by atoms with E-state index >= 15 is 0 Å². The lowest BCUT2D eigenvalue weighted by atomic mass is 10.1. The summed E-state index contributed by atoms with van der Waals surface area (Å²) in [6.07, 6.45) is 0.717. The van der Waals surface area contributed by atoms with Gasteiger partial charge in [0.05, 0.1) is 10.6 Å². The predicted octanol–water partition coefficient (Wildman–Crippen LogP) is 6.20. The van der Waals surface area contributed by atoms with Crippen molar-refractivity contribution in [3.8, 4) is 0 Å². The number of hydrogen-bond acceptors (Lipinski definition) is 4. The van der Waals surface area contributed by atoms with E-state index in [1.807, 2.05) is 13.8 Å². The van der Waals surface area contributed by atoms with Crippen molar-refractivity contribution >= 4 is 66.7 Å². The third kappa shape index (κ3) is 7.75. The van der Waals surface area contributed by atoms with Gasteiger partial charge in [0.1, 0.15) is 12.6 Å². The number of hydrogen-bond donors (Lipinski definition) is 1. The molecule has 7 nitrogen and oxygen atoms in total. The second-order valence-corrected chi connectivity index (χ2v) is 12.6. The number of nitrogens with one attached hydrogen (secondary N) is 1. The average molecular weight is 655 g/mol. The van der Waals surface area contributed by atoms with Crippen LogP contribution in [0, 0.1) is 6.92 Å². The highest BCUT2D eigenvalue weighted by Gasteiger charge is 2.33. The number of anilines is 1. The summed E-state index contributed by atoms with van der Waals surface area (Å²) in [5.41, 5.74) is 1.65. The third-order valence-electron chi connectivity index (χ3n) is 6.11. The molecular weight excluding hydrogens is 625 g/mol. The van der Waals surface area contributed by atoms with Crippen LogP contribution in [0.15, 0.2) is 76.1 Å². The molecule has 0 aliphatic heterocycles. The number of nitrogens with zero attached hydrogens (tertiary/aromatic N) is 2. The quantitative estimate of drug-likeness (QED) is 0.267. The van der Waals surface area contributed by atoms with Crippen LogP contribution in [0.3, 0.4) is 0 Å². The fourth-order valence-electron chi connectivity index (χ4n) is 3.81. The molecule has 208 valence electrons. The minimum absolute atomic E-state index is 0.0401. The van der Waals surface area contributed by atoms with Crippen LogP contribution < -0.4 is 9.62 Å². The van der Waals surface area contributed by atoms with Crippen molar-refractivity contribution in [2.24, 2.45) is 0 Å². The van der Waals surface area contributed by atoms with Gasteiger partial charge in [0, 0.05) is 33.2 Å². The van der Waals surface area contributed by atoms with Gasteiger partial charge in [0.15, 0.2) is 0 Å². The van der Waals surface area contributed by atoms with Gasteiger partial charge < -0.3 is 10.2 Å². The smallest absolute Gasteiger partial charge is 0.264 e. The number of halogens is 3. The molecule has 0 bridgehead atoms. The summed E-state index contributed by atoms with van der Waals surface area (Å²) in [5, 5.41) is 3.46. The minimum Gasteiger partial charge on any atom is -0.354 e. The lowest BCUT2D eigenvalue weighted by Crippen LogP contribution is -2.51. The molecule has 1 atom stereocenters. The first-order valence-electron chi connectivity index (χ1n) is 12.3. The van der Waals surface area contributed by atoms with Crippen LogP contribution in [0.2, 0.25) is 10.0 Å². The van der Waals surface area contributed by atoms with Gasteiger partial charge in [0.2, 0.25) is 11.8 Å². The molecule has 39 heavy (non-hydrogen) atoms. The predicted molar refractivity (Wildman–Crippen MR) is 160 cm³/mol. The second kappa shape index (κ2) is 13.7. The fourth-order valence-corrected chi connectivity index (χ4v) is 6.00. The van der Waals surface area contributed by atoms with Gasteiger partial charge in [-0.05, 0) is 68.8 Å². The van der Waals surface area contributed by atoms with Crippen molar-refractivity contribution in [1.82, 2.24) is 10.2 Å². The van der Waals surface area contributed by atoms with Gasteiger partial charge in [-0.1, -0.05) is 69.8 Å². The maximum atomic E-state index is 13.9. The van der Waals surface area contributed by atoms with E-state index < -0.39 is 28.5 Å². The van der Waals surface area contributed by atoms with E-state index in [0.29, 0.717) is 27.8 Å². The lowest BCUT2D eigenvalue weighted by Gasteiger charge is -2.32. The molecule has 2 amide bonds. The molecule has 3 rings (SSSR count). The van der Waals surface area contributed by atoms with Gasteiger partial charge in [-0.15, -0.1) is 0 Å². The molecule has 0 aliphatic carbocycles. The fraction of sp³-hybridized carbons (Fsp3) is 0.286. The van der Waals surface area contributed by atoms with Crippen LogP contribution >= 0.6 is 39.1 Å². The maximum absolute atomic E-state index is 13.9. The van der Waals surface area contributed by atoms with E-state index in [-0.39, 0.29) is 17.3 Å². The Morgan fingerprint density at radius 1 is 0.974 bits per heavy atom. The first-order chi connectivity index (χ1) is 18.4. The highest BCUT2D eigenvalue weighted by molar-refractivity contribution is 9.10. The van der Waals surface area contributed by atoms with Gasteiger partial charge in [-0.25, -0.2) is 8.42 Å². The minimum atomic E-state index is -4.14. The Balaban J connectivity index is 2.05. The average Bonchev–Trinajstić information content (AvgIpc) is 2.90. The van der Waals surface area contributed by atoms with E-state index in [9.17, 15) is 18.0 Å². The SMILES string of the molecule is CCCNC(=O)[C@@H](C)N(Cc1c(Cl)cccc1Cl)C(=O)CN(c1ccc(Br)cc1)S(=O)(=O)c1ccc(C)cc1. The van der Waals surface area contributed by atoms with E-state index in [2.05, 4.69) is 21.2 Å². The van der Waals surface area contributed by atoms with Crippen LogP contribution in [-0.2, 0) is 26.2 Å². The third-order valence-corrected chi connectivity index (χ3v) is 9.13. The summed E-state index contributed by atoms with van der Waals surface area (Å²) in [5.74, 6) is -0.964. The monoisotopic (exact) mass is 653 g/mol. The van der Waals surface area contributed by atoms with E-state index in [4.69, 9.17) is 23.2 Å². The molecule has 0 saturated heterocycles. The highest BCUT2D eigenvalue weighted by atomic mass is 79.9. The summed E-state index contributed by atoms with van der Waals surface area (Å²) in [4.78, 5) is 28.2. The van der Waals surface area contributed by atoms with Crippen LogP contribution in [0.1, 0.15) is 31.4 Å². The van der Waals surface area contributed by atoms with Crippen LogP contribution in [0.25, 0.3) is 0 Å². The summed E-state index contributed by atoms with van der Waals surface area (Å²) in [6, 6.07) is 17.0. The largest absolute Gasteiger partial charge is 0.354 e. The van der Waals surface area contributed by atoms with Gasteiger partial charge in [-0.2, -0.15) is 0 Å². The molecule has 0 heterocycles. The Morgan fingerprint density at radius 3 is 2.13 bits per heavy atom. The maximum Gasteiger partial charge on any atom is 0.264 e. The molecular formula is C28H30BrCl2N3O4S. The Kier molecular flexibility index (Phi) is 10.8. The topological polar surface area (TPSA) is 86.8 Å². The standard InChI is InChI=1S/C28H30BrCl2N3O4S/c1-4-16-32-28(36)20(3)33(17-24-25(30)6-5-7-26(24)31)27(35)18-34(22-12-10-21(29)11-13-22)39(37,38)23-14-8-19(2)9-15-23/h5-15,20H,4,16-18H2,1-3H3,(H,32,36)/t20-/m1/s1. The first-order valence-corrected chi connectivity index (χ1v) is 15.3. The van der Waals surface area contributed by atoms with Crippen molar-refractivity contribution in [3.63, 3.8) is 0 Å². The van der Waals surface area contributed by atoms with E-state index in [0.717, 1.165) is 20.8 Å². The zero-order chi connectivity index (χ0) is 28.7. The van der Waals surface area contributed by atoms with Crippen molar-refractivity contribution in [3.05, 3.63) is 92.4 Å². The Morgan fingerprint density at radius 2 is 1.56 bits per heavy atom. The first kappa shape index (κ1) is 30.9. The molecule has 0 spiro atoms. The van der Waals surface area contributed by atoms with E-state index in [1.54, 1.807) is 61.5 Å². The summed E-state index contributed by atoms with van der Waals surface area (Å²) >= 11 is 16.2. The number of aryl methyl sites for hydroxylation is 1. The Bertz CT molecular complexity index is 1400. The molecule has 0 aliphatic rings. The molecule has 3 aromatic rings. The molecule has 0 unspecified atom stereocenters. The van der Waals surface area contributed by atoms with Gasteiger partial charge >= 0.3 is 0 Å². The lowest BCUT2D eigenvalue weighted by molar-refractivity contribution is -0.139. The number of benzene rings is 3. The van der Waals surface area contributed by atoms with Crippen molar-refractivity contribution in [1.29, 1.82) is 0 Å². The zero-order valence-corrected chi connectivity index (χ0v) is 25.7. The summed E-state index contributed by atoms with van der Waals surface area (Å²) in [7, 11) is -4.14. The van der Waals surface area contributed by atoms with Crippen molar-refractivity contribution in [2.45, 2.75) is 44.7 Å². The number of carbonyl (C=O) groups is 2. The van der Waals surface area contributed by atoms with Gasteiger partial charge in [0.25, 0.3) is 10.0 Å². The Hall–Kier alpha value is -2.59. The van der Waals surface area contributed by atoms with Crippen LogP contribution in [0.5, 0.6) is 0 Å². The molecule has 11 heteroatoms. The normalized spacial score (nSPS) is 12.1. The number of rotatable bonds is 11. The Labute approximate surface area is 248 Å². The van der Waals surface area contributed by atoms with Crippen molar-refractivity contribution < 1.29 is 18.0 Å². The zero-order valence-electron chi connectivity index (χ0n) is 21.8. The molecule has 3 aromatic carbocycles. The van der Waals surface area contributed by atoms with Gasteiger partial charge in [-0.3, -0.25) is 13.9 Å². The summed E-state index contributed by atoms with van der Waals surface area (Å²) < 4.78 is 29.4. The molecule has 0 fully saturated rings. The molecule has 0 radical (unpaired) electrons. The molecule has 1 N–H and O–H groups in total. The van der Waals surface area contributed by atoms with Crippen LogP contribution in [0.4, 0.5) is 5.69 Å². The summed E-state index contributed by atoms with van der Waals surface area (Å²) in [6.45, 7) is 5.16. The number of amides is 2. The highest BCUT2D eigenvalue weighted by Crippen LogP contribution is 2.29. The second-order valence-electron chi connectivity index (χ2n) is 8.99.